The highest BCUT2D eigenvalue weighted by atomic mass is 16.6. The third-order valence-electron chi connectivity index (χ3n) is 6.13. The Morgan fingerprint density at radius 1 is 0.725 bits per heavy atom. The van der Waals surface area contributed by atoms with E-state index < -0.39 is 0 Å². The van der Waals surface area contributed by atoms with E-state index in [2.05, 4.69) is 45.9 Å². The minimum atomic E-state index is -0.250. The fourth-order valence-electron chi connectivity index (χ4n) is 4.48. The van der Waals surface area contributed by atoms with Crippen LogP contribution in [0.2, 0.25) is 0 Å². The number of hydrogen-bond donors (Lipinski definition) is 0. The van der Waals surface area contributed by atoms with Gasteiger partial charge in [0.05, 0.1) is 0 Å². The summed E-state index contributed by atoms with van der Waals surface area (Å²) in [6.07, 6.45) is 1.05. The highest BCUT2D eigenvalue weighted by molar-refractivity contribution is 6.61. The van der Waals surface area contributed by atoms with Gasteiger partial charge in [-0.05, 0) is 52.4 Å². The number of carbonyl (C=O) groups excluding carboxylic acids is 2. The molecule has 40 heavy (non-hydrogen) atoms. The van der Waals surface area contributed by atoms with Crippen LogP contribution in [0, 0.1) is 5.92 Å². The van der Waals surface area contributed by atoms with E-state index in [-0.39, 0.29) is 18.9 Å². The maximum atomic E-state index is 12.2. The summed E-state index contributed by atoms with van der Waals surface area (Å²) in [5, 5.41) is 1.82. The average Bonchev–Trinajstić information content (AvgIpc) is 2.99. The Labute approximate surface area is 244 Å². The predicted octanol–water partition coefficient (Wildman–Crippen LogP) is 8.14. The van der Waals surface area contributed by atoms with Crippen molar-refractivity contribution in [2.75, 3.05) is 21.3 Å². The van der Waals surface area contributed by atoms with Gasteiger partial charge in [-0.15, -0.1) is 0 Å². The average molecular weight is 550 g/mol. The molecular formula is C34H52BNO4. The summed E-state index contributed by atoms with van der Waals surface area (Å²) in [7, 11) is 4.61. The molecule has 0 spiro atoms. The van der Waals surface area contributed by atoms with E-state index in [4.69, 9.17) is 9.31 Å². The van der Waals surface area contributed by atoms with Crippen LogP contribution < -0.4 is 5.46 Å². The fourth-order valence-corrected chi connectivity index (χ4v) is 4.48. The second-order valence-corrected chi connectivity index (χ2v) is 9.35. The van der Waals surface area contributed by atoms with Crippen molar-refractivity contribution in [1.82, 2.24) is 4.90 Å². The molecule has 1 aliphatic rings. The molecule has 0 saturated heterocycles. The van der Waals surface area contributed by atoms with Crippen LogP contribution in [0.3, 0.4) is 0 Å². The van der Waals surface area contributed by atoms with Gasteiger partial charge in [0.15, 0.2) is 0 Å². The quantitative estimate of drug-likeness (QED) is 0.230. The van der Waals surface area contributed by atoms with E-state index in [0.29, 0.717) is 23.0 Å². The summed E-state index contributed by atoms with van der Waals surface area (Å²) in [6.45, 7) is 20.7. The van der Waals surface area contributed by atoms with Crippen molar-refractivity contribution in [1.29, 1.82) is 0 Å². The molecule has 2 amide bonds. The molecule has 0 atom stereocenters. The molecule has 0 unspecified atom stereocenters. The normalized spacial score (nSPS) is 11.4. The highest BCUT2D eigenvalue weighted by Crippen LogP contribution is 2.34. The van der Waals surface area contributed by atoms with Crippen LogP contribution >= 0.6 is 0 Å². The summed E-state index contributed by atoms with van der Waals surface area (Å²) < 4.78 is 10.6. The summed E-state index contributed by atoms with van der Waals surface area (Å²) in [6, 6.07) is 17.8. The number of hydrogen-bond acceptors (Lipinski definition) is 4. The molecular weight excluding hydrogens is 497 g/mol. The molecule has 0 aliphatic carbocycles. The van der Waals surface area contributed by atoms with Gasteiger partial charge in [0.1, 0.15) is 0 Å². The van der Waals surface area contributed by atoms with Gasteiger partial charge in [-0.2, -0.15) is 0 Å². The first kappa shape index (κ1) is 37.0. The molecule has 6 heteroatoms. The number of rotatable bonds is 6. The van der Waals surface area contributed by atoms with Crippen LogP contribution in [0.1, 0.15) is 107 Å². The highest BCUT2D eigenvalue weighted by Gasteiger charge is 2.30. The Morgan fingerprint density at radius 3 is 1.75 bits per heavy atom. The smallest absolute Gasteiger partial charge is 0.410 e. The largest absolute Gasteiger partial charge is 0.493 e. The van der Waals surface area contributed by atoms with E-state index in [1.165, 1.54) is 23.1 Å². The Hall–Kier alpha value is -2.96. The van der Waals surface area contributed by atoms with Crippen LogP contribution in [-0.2, 0) is 15.7 Å². The molecule has 0 fully saturated rings. The molecule has 0 radical (unpaired) electrons. The van der Waals surface area contributed by atoms with Gasteiger partial charge in [0.2, 0.25) is 0 Å². The summed E-state index contributed by atoms with van der Waals surface area (Å²) in [4.78, 5) is 25.6. The van der Waals surface area contributed by atoms with Crippen LogP contribution in [0.5, 0.6) is 0 Å². The molecule has 4 rings (SSSR count). The van der Waals surface area contributed by atoms with E-state index in [0.717, 1.165) is 22.7 Å². The molecule has 0 saturated carbocycles. The van der Waals surface area contributed by atoms with Gasteiger partial charge < -0.3 is 9.31 Å². The molecule has 3 aromatic rings. The topological polar surface area (TPSA) is 55.8 Å². The van der Waals surface area contributed by atoms with Gasteiger partial charge in [0.25, 0.3) is 11.8 Å². The maximum absolute atomic E-state index is 12.2. The van der Waals surface area contributed by atoms with E-state index in [1.807, 2.05) is 71.9 Å². The molecule has 0 aromatic heterocycles. The lowest BCUT2D eigenvalue weighted by atomic mass is 9.74. The van der Waals surface area contributed by atoms with Crippen LogP contribution in [0.4, 0.5) is 0 Å². The minimum absolute atomic E-state index is 0.219. The minimum Gasteiger partial charge on any atom is -0.410 e. The first-order valence-corrected chi connectivity index (χ1v) is 14.7. The predicted molar refractivity (Wildman–Crippen MR) is 173 cm³/mol. The summed E-state index contributed by atoms with van der Waals surface area (Å²) in [5.41, 5.74) is 4.86. The first-order chi connectivity index (χ1) is 19.2. The van der Waals surface area contributed by atoms with Crippen molar-refractivity contribution in [2.24, 2.45) is 5.92 Å². The van der Waals surface area contributed by atoms with Gasteiger partial charge in [-0.1, -0.05) is 112 Å². The third kappa shape index (κ3) is 9.04. The Balaban J connectivity index is 0.000000655. The van der Waals surface area contributed by atoms with Gasteiger partial charge in [0, 0.05) is 37.8 Å². The second kappa shape index (κ2) is 19.2. The molecule has 0 N–H and O–H groups in total. The maximum Gasteiger partial charge on any atom is 0.493 e. The van der Waals surface area contributed by atoms with Crippen molar-refractivity contribution < 1.29 is 18.9 Å². The fraction of sp³-hybridized carbons (Fsp3) is 0.471. The van der Waals surface area contributed by atoms with Gasteiger partial charge in [-0.25, -0.2) is 0 Å². The zero-order valence-corrected chi connectivity index (χ0v) is 27.2. The molecule has 5 nitrogen and oxygen atoms in total. The van der Waals surface area contributed by atoms with Gasteiger partial charge in [-0.3, -0.25) is 14.5 Å². The van der Waals surface area contributed by atoms with Crippen molar-refractivity contribution in [3.8, 4) is 0 Å². The lowest BCUT2D eigenvalue weighted by Gasteiger charge is -2.25. The third-order valence-corrected chi connectivity index (χ3v) is 6.13. The second-order valence-electron chi connectivity index (χ2n) is 9.35. The number of nitrogens with zero attached hydrogens (tertiary/aromatic N) is 1. The monoisotopic (exact) mass is 549 g/mol. The van der Waals surface area contributed by atoms with Gasteiger partial charge >= 0.3 is 7.12 Å². The van der Waals surface area contributed by atoms with Crippen LogP contribution in [0.15, 0.2) is 54.6 Å². The molecule has 220 valence electrons. The first-order valence-electron chi connectivity index (χ1n) is 14.7. The zero-order chi connectivity index (χ0) is 31.0. The van der Waals surface area contributed by atoms with Crippen molar-refractivity contribution in [3.63, 3.8) is 0 Å². The molecule has 3 aromatic carbocycles. The Kier molecular flexibility index (Phi) is 17.8. The Morgan fingerprint density at radius 2 is 1.25 bits per heavy atom. The van der Waals surface area contributed by atoms with E-state index in [9.17, 15) is 9.59 Å². The van der Waals surface area contributed by atoms with Crippen molar-refractivity contribution in [3.05, 3.63) is 76.9 Å². The lowest BCUT2D eigenvalue weighted by Crippen LogP contribution is -2.37. The number of carbonyl (C=O) groups is 2. The van der Waals surface area contributed by atoms with E-state index >= 15 is 0 Å². The Bertz CT molecular complexity index is 1160. The zero-order valence-electron chi connectivity index (χ0n) is 27.2. The van der Waals surface area contributed by atoms with Crippen LogP contribution in [0.25, 0.3) is 10.8 Å². The molecule has 0 bridgehead atoms. The van der Waals surface area contributed by atoms with Crippen LogP contribution in [-0.4, -0.2) is 45.1 Å². The molecule has 1 aliphatic heterocycles. The number of amides is 2. The van der Waals surface area contributed by atoms with Crippen molar-refractivity contribution >= 4 is 35.2 Å². The molecule has 1 heterocycles. The summed E-state index contributed by atoms with van der Waals surface area (Å²) >= 11 is 0. The standard InChI is InChI=1S/C16H15NO2.C12H19BO2.3C2H6/c1-9(2)10-7-8-13-14-11(10)5-4-6-12(14)15(18)17(3)16(13)19;1-10(2)9-11-7-5-6-8-12(11)13(14-3)15-4;3*1-2/h4-9H,1-3H3;5-8,10H,9H2,1-4H3;3*1-2H3. The number of imide groups is 1. The van der Waals surface area contributed by atoms with Crippen molar-refractivity contribution in [2.45, 2.75) is 81.6 Å². The number of benzene rings is 3. The SMILES string of the molecule is CC.CC.CC.CC(C)c1ccc2c3c(cccc13)C(=O)N(C)C2=O.COB(OC)c1ccccc1CC(C)C. The van der Waals surface area contributed by atoms with E-state index in [1.54, 1.807) is 20.3 Å². The lowest BCUT2D eigenvalue weighted by molar-refractivity contribution is 0.0650. The summed E-state index contributed by atoms with van der Waals surface area (Å²) in [5.74, 6) is 0.558.